The van der Waals surface area contributed by atoms with E-state index in [2.05, 4.69) is 5.32 Å². The number of nitrogens with zero attached hydrogens (tertiary/aromatic N) is 1. The molecule has 5 nitrogen and oxygen atoms in total. The molecule has 1 N–H and O–H groups in total. The van der Waals surface area contributed by atoms with E-state index in [0.29, 0.717) is 48.8 Å². The molecule has 0 atom stereocenters. The molecular formula is C16H21ClN2O3. The number of benzene rings is 1. The molecule has 22 heavy (non-hydrogen) atoms. The zero-order valence-electron chi connectivity index (χ0n) is 12.9. The summed E-state index contributed by atoms with van der Waals surface area (Å²) in [4.78, 5) is 25.7. The number of anilines is 1. The number of amides is 2. The lowest BCUT2D eigenvalue weighted by molar-refractivity contribution is -0.134. The first kappa shape index (κ1) is 16.6. The lowest BCUT2D eigenvalue weighted by Gasteiger charge is -2.31. The summed E-state index contributed by atoms with van der Waals surface area (Å²) in [6.07, 6.45) is 1.91. The molecule has 2 amide bonds. The maximum absolute atomic E-state index is 12.3. The van der Waals surface area contributed by atoms with Gasteiger partial charge in [-0.2, -0.15) is 0 Å². The van der Waals surface area contributed by atoms with Crippen LogP contribution in [-0.2, 0) is 9.59 Å². The van der Waals surface area contributed by atoms with E-state index in [1.54, 1.807) is 25.3 Å². The predicted octanol–water partition coefficient (Wildman–Crippen LogP) is 2.94. The molecule has 0 aromatic heterocycles. The molecule has 6 heteroatoms. The number of nitrogens with one attached hydrogen (secondary N) is 1. The number of hydrogen-bond acceptors (Lipinski definition) is 3. The first-order valence-corrected chi connectivity index (χ1v) is 7.85. The molecule has 1 heterocycles. The van der Waals surface area contributed by atoms with Gasteiger partial charge in [-0.05, 0) is 31.0 Å². The van der Waals surface area contributed by atoms with Crippen LogP contribution in [0.4, 0.5) is 5.69 Å². The molecule has 0 aliphatic carbocycles. The van der Waals surface area contributed by atoms with E-state index < -0.39 is 0 Å². The maximum Gasteiger partial charge on any atom is 0.227 e. The number of halogens is 1. The first-order valence-electron chi connectivity index (χ1n) is 7.47. The van der Waals surface area contributed by atoms with Gasteiger partial charge in [0, 0.05) is 31.1 Å². The van der Waals surface area contributed by atoms with E-state index in [9.17, 15) is 9.59 Å². The summed E-state index contributed by atoms with van der Waals surface area (Å²) >= 11 is 6.05. The summed E-state index contributed by atoms with van der Waals surface area (Å²) < 4.78 is 5.08. The summed E-state index contributed by atoms with van der Waals surface area (Å²) in [5.74, 6) is 0.637. The third-order valence-corrected chi connectivity index (χ3v) is 4.24. The SMILES string of the molecule is CCC(=O)N1CCC(C(=O)Nc2ccc(OC)c(Cl)c2)CC1. The van der Waals surface area contributed by atoms with Crippen LogP contribution >= 0.6 is 11.6 Å². The fourth-order valence-electron chi connectivity index (χ4n) is 2.60. The Labute approximate surface area is 135 Å². The normalized spacial score (nSPS) is 15.5. The second kappa shape index (κ2) is 7.49. The topological polar surface area (TPSA) is 58.6 Å². The van der Waals surface area contributed by atoms with Crippen molar-refractivity contribution in [3.63, 3.8) is 0 Å². The second-order valence-electron chi connectivity index (χ2n) is 5.35. The predicted molar refractivity (Wildman–Crippen MR) is 86.2 cm³/mol. The fraction of sp³-hybridized carbons (Fsp3) is 0.500. The number of carbonyl (C=O) groups excluding carboxylic acids is 2. The Morgan fingerprint density at radius 1 is 1.36 bits per heavy atom. The number of piperidine rings is 1. The molecular weight excluding hydrogens is 304 g/mol. The van der Waals surface area contributed by atoms with Gasteiger partial charge >= 0.3 is 0 Å². The Hall–Kier alpha value is -1.75. The van der Waals surface area contributed by atoms with Crippen molar-refractivity contribution in [1.82, 2.24) is 4.90 Å². The van der Waals surface area contributed by atoms with Crippen LogP contribution in [0.3, 0.4) is 0 Å². The van der Waals surface area contributed by atoms with Crippen LogP contribution < -0.4 is 10.1 Å². The minimum Gasteiger partial charge on any atom is -0.495 e. The third kappa shape index (κ3) is 3.91. The van der Waals surface area contributed by atoms with Crippen molar-refractivity contribution in [2.75, 3.05) is 25.5 Å². The molecule has 1 aromatic carbocycles. The third-order valence-electron chi connectivity index (χ3n) is 3.94. The van der Waals surface area contributed by atoms with Gasteiger partial charge < -0.3 is 15.0 Å². The molecule has 0 bridgehead atoms. The van der Waals surface area contributed by atoms with Crippen molar-refractivity contribution in [2.24, 2.45) is 5.92 Å². The van der Waals surface area contributed by atoms with Crippen LogP contribution in [0.1, 0.15) is 26.2 Å². The van der Waals surface area contributed by atoms with E-state index in [-0.39, 0.29) is 17.7 Å². The van der Waals surface area contributed by atoms with Gasteiger partial charge in [0.2, 0.25) is 11.8 Å². The standard InChI is InChI=1S/C16H21ClN2O3/c1-3-15(20)19-8-6-11(7-9-19)16(21)18-12-4-5-14(22-2)13(17)10-12/h4-5,10-11H,3,6-9H2,1-2H3,(H,18,21). The van der Waals surface area contributed by atoms with Gasteiger partial charge in [-0.25, -0.2) is 0 Å². The van der Waals surface area contributed by atoms with E-state index in [1.807, 2.05) is 11.8 Å². The van der Waals surface area contributed by atoms with Gasteiger partial charge in [-0.1, -0.05) is 18.5 Å². The summed E-state index contributed by atoms with van der Waals surface area (Å²) in [7, 11) is 1.55. The number of carbonyl (C=O) groups is 2. The number of hydrogen-bond donors (Lipinski definition) is 1. The smallest absolute Gasteiger partial charge is 0.227 e. The summed E-state index contributed by atoms with van der Waals surface area (Å²) in [6, 6.07) is 5.16. The van der Waals surface area contributed by atoms with Crippen LogP contribution in [0.25, 0.3) is 0 Å². The Bertz CT molecular complexity index is 554. The number of likely N-dealkylation sites (tertiary alicyclic amines) is 1. The molecule has 1 aliphatic heterocycles. The molecule has 1 aliphatic rings. The van der Waals surface area contributed by atoms with Crippen LogP contribution in [0, 0.1) is 5.92 Å². The van der Waals surface area contributed by atoms with Crippen molar-refractivity contribution in [2.45, 2.75) is 26.2 Å². The lowest BCUT2D eigenvalue weighted by Crippen LogP contribution is -2.41. The molecule has 2 rings (SSSR count). The van der Waals surface area contributed by atoms with Crippen molar-refractivity contribution in [3.05, 3.63) is 23.2 Å². The fourth-order valence-corrected chi connectivity index (χ4v) is 2.86. The van der Waals surface area contributed by atoms with Crippen molar-refractivity contribution >= 4 is 29.1 Å². The largest absolute Gasteiger partial charge is 0.495 e. The summed E-state index contributed by atoms with van der Waals surface area (Å²) in [5, 5.41) is 3.34. The Morgan fingerprint density at radius 2 is 2.05 bits per heavy atom. The average Bonchev–Trinajstić information content (AvgIpc) is 2.54. The summed E-state index contributed by atoms with van der Waals surface area (Å²) in [5.41, 5.74) is 0.655. The van der Waals surface area contributed by atoms with Gasteiger partial charge in [0.05, 0.1) is 12.1 Å². The van der Waals surface area contributed by atoms with Gasteiger partial charge in [-0.15, -0.1) is 0 Å². The molecule has 0 radical (unpaired) electrons. The first-order chi connectivity index (χ1) is 10.5. The van der Waals surface area contributed by atoms with Crippen LogP contribution in [-0.4, -0.2) is 36.9 Å². The minimum absolute atomic E-state index is 0.0233. The Balaban J connectivity index is 1.91. The molecule has 1 saturated heterocycles. The zero-order valence-corrected chi connectivity index (χ0v) is 13.7. The lowest BCUT2D eigenvalue weighted by atomic mass is 9.95. The Kier molecular flexibility index (Phi) is 5.66. The van der Waals surface area contributed by atoms with Gasteiger partial charge in [-0.3, -0.25) is 9.59 Å². The highest BCUT2D eigenvalue weighted by atomic mass is 35.5. The average molecular weight is 325 g/mol. The van der Waals surface area contributed by atoms with Crippen molar-refractivity contribution < 1.29 is 14.3 Å². The van der Waals surface area contributed by atoms with Crippen molar-refractivity contribution in [3.8, 4) is 5.75 Å². The number of ether oxygens (including phenoxy) is 1. The second-order valence-corrected chi connectivity index (χ2v) is 5.75. The zero-order chi connectivity index (χ0) is 16.1. The molecule has 120 valence electrons. The molecule has 1 aromatic rings. The number of methoxy groups -OCH3 is 1. The van der Waals surface area contributed by atoms with Gasteiger partial charge in [0.15, 0.2) is 0 Å². The van der Waals surface area contributed by atoms with E-state index >= 15 is 0 Å². The quantitative estimate of drug-likeness (QED) is 0.926. The van der Waals surface area contributed by atoms with Crippen LogP contribution in [0.2, 0.25) is 5.02 Å². The number of rotatable bonds is 4. The monoisotopic (exact) mass is 324 g/mol. The Morgan fingerprint density at radius 3 is 2.59 bits per heavy atom. The van der Waals surface area contributed by atoms with Crippen molar-refractivity contribution in [1.29, 1.82) is 0 Å². The van der Waals surface area contributed by atoms with E-state index in [0.717, 1.165) is 0 Å². The highest BCUT2D eigenvalue weighted by molar-refractivity contribution is 6.32. The molecule has 0 spiro atoms. The van der Waals surface area contributed by atoms with Gasteiger partial charge in [0.1, 0.15) is 5.75 Å². The molecule has 1 fully saturated rings. The highest BCUT2D eigenvalue weighted by Gasteiger charge is 2.26. The van der Waals surface area contributed by atoms with Gasteiger partial charge in [0.25, 0.3) is 0 Å². The minimum atomic E-state index is -0.0678. The van der Waals surface area contributed by atoms with E-state index in [4.69, 9.17) is 16.3 Å². The highest BCUT2D eigenvalue weighted by Crippen LogP contribution is 2.28. The van der Waals surface area contributed by atoms with Crippen LogP contribution in [0.5, 0.6) is 5.75 Å². The maximum atomic E-state index is 12.3. The molecule has 0 saturated carbocycles. The van der Waals surface area contributed by atoms with E-state index in [1.165, 1.54) is 0 Å². The van der Waals surface area contributed by atoms with Crippen LogP contribution in [0.15, 0.2) is 18.2 Å². The molecule has 0 unspecified atom stereocenters. The summed E-state index contributed by atoms with van der Waals surface area (Å²) in [6.45, 7) is 3.15.